The van der Waals surface area contributed by atoms with Gasteiger partial charge in [-0.3, -0.25) is 4.21 Å². The molecule has 7 heavy (non-hydrogen) atoms. The van der Waals surface area contributed by atoms with Crippen LogP contribution in [0.2, 0.25) is 0 Å². The first kappa shape index (κ1) is 5.25. The van der Waals surface area contributed by atoms with Crippen LogP contribution in [0.25, 0.3) is 0 Å². The van der Waals surface area contributed by atoms with Crippen molar-refractivity contribution < 1.29 is 8.76 Å². The van der Waals surface area contributed by atoms with Crippen molar-refractivity contribution in [3.8, 4) is 0 Å². The van der Waals surface area contributed by atoms with Crippen LogP contribution in [0.1, 0.15) is 19.3 Å². The largest absolute Gasteiger partial charge is 0.772 e. The monoisotopic (exact) mass is 119 g/mol. The molecule has 0 amide bonds. The lowest BCUT2D eigenvalue weighted by Gasteiger charge is -2.26. The van der Waals surface area contributed by atoms with Crippen LogP contribution < -0.4 is 0 Å². The smallest absolute Gasteiger partial charge is 0.0215 e. The van der Waals surface area contributed by atoms with Gasteiger partial charge in [-0.1, -0.05) is 17.5 Å². The van der Waals surface area contributed by atoms with Crippen molar-refractivity contribution in [2.45, 2.75) is 24.5 Å². The summed E-state index contributed by atoms with van der Waals surface area (Å²) in [6.07, 6.45) is 2.87. The highest BCUT2D eigenvalue weighted by molar-refractivity contribution is 7.79. The molecule has 0 aromatic carbocycles. The first-order valence-corrected chi connectivity index (χ1v) is 3.52. The molecule has 0 N–H and O–H groups in total. The van der Waals surface area contributed by atoms with E-state index in [1.54, 1.807) is 0 Å². The third-order valence-electron chi connectivity index (χ3n) is 1.32. The molecular formula is C4H7O2S-. The average molecular weight is 119 g/mol. The Morgan fingerprint density at radius 3 is 2.14 bits per heavy atom. The second kappa shape index (κ2) is 1.92. The molecule has 0 bridgehead atoms. The van der Waals surface area contributed by atoms with Crippen molar-refractivity contribution in [3.05, 3.63) is 0 Å². The summed E-state index contributed by atoms with van der Waals surface area (Å²) in [4.78, 5) is 0. The number of hydrogen-bond donors (Lipinski definition) is 0. The molecule has 0 radical (unpaired) electrons. The van der Waals surface area contributed by atoms with Crippen LogP contribution >= 0.6 is 0 Å². The van der Waals surface area contributed by atoms with Crippen LogP contribution in [0.4, 0.5) is 0 Å². The standard InChI is InChI=1S/C4H8O2S/c5-7(6)4-2-1-3-4/h4H,1-3H2,(H,5,6)/p-1. The summed E-state index contributed by atoms with van der Waals surface area (Å²) >= 11 is -1.77. The summed E-state index contributed by atoms with van der Waals surface area (Å²) in [5.74, 6) is 0. The minimum atomic E-state index is -1.77. The van der Waals surface area contributed by atoms with E-state index >= 15 is 0 Å². The molecule has 1 rings (SSSR count). The van der Waals surface area contributed by atoms with Gasteiger partial charge in [0.15, 0.2) is 0 Å². The van der Waals surface area contributed by atoms with E-state index < -0.39 is 11.1 Å². The molecule has 3 heteroatoms. The Bertz CT molecular complexity index is 87.7. The molecule has 0 spiro atoms. The van der Waals surface area contributed by atoms with Gasteiger partial charge in [0.2, 0.25) is 0 Å². The summed E-state index contributed by atoms with van der Waals surface area (Å²) in [5.41, 5.74) is 0. The highest BCUT2D eigenvalue weighted by atomic mass is 32.2. The van der Waals surface area contributed by atoms with Crippen LogP contribution in [-0.4, -0.2) is 14.0 Å². The highest BCUT2D eigenvalue weighted by Gasteiger charge is 2.16. The van der Waals surface area contributed by atoms with Crippen LogP contribution in [0.5, 0.6) is 0 Å². The minimum Gasteiger partial charge on any atom is -0.772 e. The van der Waals surface area contributed by atoms with E-state index in [4.69, 9.17) is 0 Å². The first-order chi connectivity index (χ1) is 3.30. The predicted molar refractivity (Wildman–Crippen MR) is 26.6 cm³/mol. The predicted octanol–water partition coefficient (Wildman–Crippen LogP) is 0.418. The van der Waals surface area contributed by atoms with Crippen molar-refractivity contribution in [1.82, 2.24) is 0 Å². The maximum atomic E-state index is 9.98. The summed E-state index contributed by atoms with van der Waals surface area (Å²) in [7, 11) is 0. The second-order valence-electron chi connectivity index (χ2n) is 1.81. The van der Waals surface area contributed by atoms with Crippen LogP contribution in [0, 0.1) is 0 Å². The summed E-state index contributed by atoms with van der Waals surface area (Å²) < 4.78 is 20.0. The fourth-order valence-electron chi connectivity index (χ4n) is 0.563. The van der Waals surface area contributed by atoms with Gasteiger partial charge in [-0.15, -0.1) is 0 Å². The SMILES string of the molecule is O=S([O-])C1CCC1. The molecule has 1 aliphatic rings. The van der Waals surface area contributed by atoms with Crippen LogP contribution in [0.3, 0.4) is 0 Å². The Balaban J connectivity index is 2.27. The fourth-order valence-corrected chi connectivity index (χ4v) is 1.28. The minimum absolute atomic E-state index is 0.000000000000000222. The van der Waals surface area contributed by atoms with Gasteiger partial charge in [-0.05, 0) is 12.8 Å². The van der Waals surface area contributed by atoms with Gasteiger partial charge in [0, 0.05) is 5.25 Å². The third kappa shape index (κ3) is 1.01. The zero-order valence-corrected chi connectivity index (χ0v) is 4.74. The molecule has 1 fully saturated rings. The lowest BCUT2D eigenvalue weighted by molar-refractivity contribution is 0.451. The van der Waals surface area contributed by atoms with Crippen molar-refractivity contribution >= 4 is 11.1 Å². The Morgan fingerprint density at radius 2 is 2.14 bits per heavy atom. The van der Waals surface area contributed by atoms with E-state index in [1.165, 1.54) is 0 Å². The van der Waals surface area contributed by atoms with E-state index in [9.17, 15) is 8.76 Å². The quantitative estimate of drug-likeness (QED) is 0.469. The summed E-state index contributed by atoms with van der Waals surface area (Å²) in [6.45, 7) is 0. The zero-order valence-electron chi connectivity index (χ0n) is 3.92. The summed E-state index contributed by atoms with van der Waals surface area (Å²) in [6, 6.07) is 0. The van der Waals surface area contributed by atoms with Gasteiger partial charge in [-0.2, -0.15) is 0 Å². The molecule has 0 heterocycles. The molecule has 2 nitrogen and oxygen atoms in total. The van der Waals surface area contributed by atoms with Gasteiger partial charge in [-0.25, -0.2) is 0 Å². The lowest BCUT2D eigenvalue weighted by Crippen LogP contribution is -2.22. The van der Waals surface area contributed by atoms with Gasteiger partial charge in [0.25, 0.3) is 0 Å². The molecular weight excluding hydrogens is 112 g/mol. The lowest BCUT2D eigenvalue weighted by atomic mass is 10.0. The van der Waals surface area contributed by atoms with Crippen LogP contribution in [0.15, 0.2) is 0 Å². The Morgan fingerprint density at radius 1 is 1.57 bits per heavy atom. The maximum Gasteiger partial charge on any atom is 0.0215 e. The van der Waals surface area contributed by atoms with Crippen molar-refractivity contribution in [2.75, 3.05) is 0 Å². The van der Waals surface area contributed by atoms with Gasteiger partial charge in [0.1, 0.15) is 0 Å². The molecule has 1 saturated carbocycles. The number of hydrogen-bond acceptors (Lipinski definition) is 2. The molecule has 1 atom stereocenters. The Hall–Kier alpha value is 0.110. The molecule has 0 aromatic rings. The van der Waals surface area contributed by atoms with Crippen molar-refractivity contribution in [1.29, 1.82) is 0 Å². The third-order valence-corrected chi connectivity index (χ3v) is 2.34. The summed E-state index contributed by atoms with van der Waals surface area (Å²) in [5, 5.41) is -0.000000000000000222. The zero-order chi connectivity index (χ0) is 5.28. The van der Waals surface area contributed by atoms with Crippen molar-refractivity contribution in [3.63, 3.8) is 0 Å². The molecule has 0 aliphatic heterocycles. The molecule has 0 aromatic heterocycles. The number of rotatable bonds is 1. The van der Waals surface area contributed by atoms with Gasteiger partial charge in [0.05, 0.1) is 0 Å². The van der Waals surface area contributed by atoms with E-state index in [0.29, 0.717) is 0 Å². The second-order valence-corrected chi connectivity index (χ2v) is 3.00. The molecule has 42 valence electrons. The van der Waals surface area contributed by atoms with E-state index in [-0.39, 0.29) is 5.25 Å². The average Bonchev–Trinajstić information content (AvgIpc) is 1.23. The van der Waals surface area contributed by atoms with Gasteiger partial charge >= 0.3 is 0 Å². The topological polar surface area (TPSA) is 40.1 Å². The molecule has 1 aliphatic carbocycles. The van der Waals surface area contributed by atoms with Gasteiger partial charge < -0.3 is 4.55 Å². The van der Waals surface area contributed by atoms with Crippen molar-refractivity contribution in [2.24, 2.45) is 0 Å². The molecule has 1 unspecified atom stereocenters. The normalized spacial score (nSPS) is 26.4. The Kier molecular flexibility index (Phi) is 1.44. The van der Waals surface area contributed by atoms with E-state index in [2.05, 4.69) is 0 Å². The van der Waals surface area contributed by atoms with Crippen LogP contribution in [-0.2, 0) is 11.1 Å². The van der Waals surface area contributed by atoms with E-state index in [0.717, 1.165) is 19.3 Å². The maximum absolute atomic E-state index is 9.98. The Labute approximate surface area is 45.2 Å². The van der Waals surface area contributed by atoms with E-state index in [1.807, 2.05) is 0 Å². The fraction of sp³-hybridized carbons (Fsp3) is 1.00. The molecule has 0 saturated heterocycles. The first-order valence-electron chi connectivity index (χ1n) is 2.39. The highest BCUT2D eigenvalue weighted by Crippen LogP contribution is 2.22.